The zero-order valence-electron chi connectivity index (χ0n) is 19.8. The molecule has 36 heavy (non-hydrogen) atoms. The van der Waals surface area contributed by atoms with Gasteiger partial charge in [-0.05, 0) is 79.1 Å². The van der Waals surface area contributed by atoms with E-state index in [1.165, 1.54) is 12.1 Å². The van der Waals surface area contributed by atoms with E-state index in [1.807, 2.05) is 61.7 Å². The molecule has 1 amide bonds. The van der Waals surface area contributed by atoms with E-state index in [0.29, 0.717) is 30.8 Å². The largest absolute Gasteiger partial charge is 0.399 e. The van der Waals surface area contributed by atoms with Crippen LogP contribution in [0.5, 0.6) is 0 Å². The number of benzene rings is 3. The first-order valence-electron chi connectivity index (χ1n) is 11.8. The molecule has 2 atom stereocenters. The highest BCUT2D eigenvalue weighted by molar-refractivity contribution is 9.10. The highest BCUT2D eigenvalue weighted by atomic mass is 79.9. The van der Waals surface area contributed by atoms with E-state index in [1.54, 1.807) is 21.7 Å². The lowest BCUT2D eigenvalue weighted by Crippen LogP contribution is -2.32. The smallest absolute Gasteiger partial charge is 0.254 e. The van der Waals surface area contributed by atoms with Crippen molar-refractivity contribution in [3.05, 3.63) is 100 Å². The molecule has 1 aliphatic rings. The van der Waals surface area contributed by atoms with Crippen LogP contribution in [0.4, 0.5) is 10.1 Å². The van der Waals surface area contributed by atoms with Crippen molar-refractivity contribution in [2.24, 2.45) is 0 Å². The van der Waals surface area contributed by atoms with Gasteiger partial charge in [-0.2, -0.15) is 5.10 Å². The topological polar surface area (TPSA) is 73.4 Å². The summed E-state index contributed by atoms with van der Waals surface area (Å²) in [5.41, 5.74) is 10.6. The molecule has 1 aliphatic heterocycles. The Bertz CT molecular complexity index is 1350. The van der Waals surface area contributed by atoms with Crippen LogP contribution in [-0.2, 0) is 16.0 Å². The number of halogens is 2. The summed E-state index contributed by atoms with van der Waals surface area (Å²) in [6.45, 7) is 2.42. The van der Waals surface area contributed by atoms with Crippen molar-refractivity contribution >= 4 is 27.5 Å². The fraction of sp³-hybridized carbons (Fsp3) is 0.214. The Morgan fingerprint density at radius 2 is 1.72 bits per heavy atom. The van der Waals surface area contributed by atoms with E-state index < -0.39 is 12.3 Å². The number of hydrogen-bond acceptors (Lipinski definition) is 4. The van der Waals surface area contributed by atoms with E-state index in [9.17, 15) is 9.18 Å². The maximum absolute atomic E-state index is 13.7. The molecule has 4 aromatic rings. The van der Waals surface area contributed by atoms with Gasteiger partial charge in [-0.25, -0.2) is 9.07 Å². The van der Waals surface area contributed by atoms with Crippen LogP contribution in [0.3, 0.4) is 0 Å². The highest BCUT2D eigenvalue weighted by Crippen LogP contribution is 2.38. The number of anilines is 1. The van der Waals surface area contributed by atoms with Crippen molar-refractivity contribution < 1.29 is 13.9 Å². The molecular formula is C28H26BrFN4O2. The predicted molar refractivity (Wildman–Crippen MR) is 141 cm³/mol. The number of amides is 1. The average Bonchev–Trinajstić information content (AvgIpc) is 3.46. The Kier molecular flexibility index (Phi) is 6.89. The van der Waals surface area contributed by atoms with Crippen molar-refractivity contribution in [1.29, 1.82) is 0 Å². The Balaban J connectivity index is 1.54. The first kappa shape index (κ1) is 24.2. The average molecular weight is 549 g/mol. The maximum atomic E-state index is 13.7. The zero-order chi connectivity index (χ0) is 25.2. The highest BCUT2D eigenvalue weighted by Gasteiger charge is 2.42. The van der Waals surface area contributed by atoms with E-state index >= 15 is 0 Å². The van der Waals surface area contributed by atoms with E-state index in [-0.39, 0.29) is 11.7 Å². The predicted octanol–water partition coefficient (Wildman–Crippen LogP) is 5.90. The fourth-order valence-electron chi connectivity index (χ4n) is 4.39. The monoisotopic (exact) mass is 548 g/mol. The van der Waals surface area contributed by atoms with Crippen molar-refractivity contribution in [1.82, 2.24) is 14.7 Å². The van der Waals surface area contributed by atoms with Crippen molar-refractivity contribution in [3.8, 4) is 16.9 Å². The molecule has 1 saturated heterocycles. The van der Waals surface area contributed by atoms with Gasteiger partial charge < -0.3 is 15.4 Å². The van der Waals surface area contributed by atoms with Crippen molar-refractivity contribution in [2.75, 3.05) is 12.3 Å². The molecule has 0 bridgehead atoms. The normalized spacial score (nSPS) is 17.6. The SMILES string of the molecule is CCC1OC(c2cn(-c3ccc(Br)cc3)nc2-c2ccc(F)cc2)N(CCc2ccc(N)cc2)C1=O. The Morgan fingerprint density at radius 3 is 2.39 bits per heavy atom. The third-order valence-corrected chi connectivity index (χ3v) is 6.87. The number of rotatable bonds is 7. The number of nitrogen functional groups attached to an aromatic ring is 1. The molecule has 2 N–H and O–H groups in total. The maximum Gasteiger partial charge on any atom is 0.254 e. The third-order valence-electron chi connectivity index (χ3n) is 6.34. The van der Waals surface area contributed by atoms with Gasteiger partial charge in [0, 0.05) is 34.0 Å². The number of hydrogen-bond donors (Lipinski definition) is 1. The second kappa shape index (κ2) is 10.2. The number of nitrogens with two attached hydrogens (primary N) is 1. The lowest BCUT2D eigenvalue weighted by molar-refractivity contribution is -0.130. The molecule has 184 valence electrons. The molecule has 0 spiro atoms. The molecule has 6 nitrogen and oxygen atoms in total. The van der Waals surface area contributed by atoms with Gasteiger partial charge in [-0.1, -0.05) is 35.0 Å². The van der Waals surface area contributed by atoms with Crippen LogP contribution < -0.4 is 5.73 Å². The number of carbonyl (C=O) groups excluding carboxylic acids is 1. The molecular weight excluding hydrogens is 523 g/mol. The lowest BCUT2D eigenvalue weighted by atomic mass is 10.1. The summed E-state index contributed by atoms with van der Waals surface area (Å²) in [6, 6.07) is 21.6. The quantitative estimate of drug-likeness (QED) is 0.292. The number of carbonyl (C=O) groups is 1. The third kappa shape index (κ3) is 4.92. The van der Waals surface area contributed by atoms with Crippen LogP contribution in [0, 0.1) is 5.82 Å². The summed E-state index contributed by atoms with van der Waals surface area (Å²) in [4.78, 5) is 15.1. The minimum Gasteiger partial charge on any atom is -0.399 e. The van der Waals surface area contributed by atoms with Crippen LogP contribution in [-0.4, -0.2) is 33.2 Å². The standard InChI is InChI=1S/C28H26BrFN4O2/c1-2-25-27(35)33(16-15-18-3-11-22(31)12-4-18)28(36-25)24-17-34(23-13-7-20(29)8-14-23)32-26(24)19-5-9-21(30)10-6-19/h3-14,17,25,28H,2,15-16,31H2,1H3. The van der Waals surface area contributed by atoms with Crippen LogP contribution in [0.1, 0.15) is 30.7 Å². The molecule has 0 radical (unpaired) electrons. The Hall–Kier alpha value is -3.49. The molecule has 3 aromatic carbocycles. The van der Waals surface area contributed by atoms with Gasteiger partial charge in [-0.3, -0.25) is 4.79 Å². The van der Waals surface area contributed by atoms with Crippen LogP contribution in [0.25, 0.3) is 16.9 Å². The van der Waals surface area contributed by atoms with Gasteiger partial charge in [0.05, 0.1) is 5.69 Å². The first-order valence-corrected chi connectivity index (χ1v) is 12.6. The second-order valence-electron chi connectivity index (χ2n) is 8.77. The van der Waals surface area contributed by atoms with E-state index in [2.05, 4.69) is 15.9 Å². The van der Waals surface area contributed by atoms with Crippen LogP contribution in [0.2, 0.25) is 0 Å². The molecule has 8 heteroatoms. The molecule has 0 aliphatic carbocycles. The summed E-state index contributed by atoms with van der Waals surface area (Å²) in [6.07, 6.45) is 1.99. The van der Waals surface area contributed by atoms with Gasteiger partial charge in [0.2, 0.25) is 0 Å². The fourth-order valence-corrected chi connectivity index (χ4v) is 4.65. The van der Waals surface area contributed by atoms with Crippen molar-refractivity contribution in [3.63, 3.8) is 0 Å². The number of nitrogens with zero attached hydrogens (tertiary/aromatic N) is 3. The minimum absolute atomic E-state index is 0.0422. The van der Waals surface area contributed by atoms with Crippen molar-refractivity contribution in [2.45, 2.75) is 32.1 Å². The molecule has 2 heterocycles. The molecule has 0 saturated carbocycles. The Labute approximate surface area is 217 Å². The van der Waals surface area contributed by atoms with Gasteiger partial charge in [-0.15, -0.1) is 0 Å². The summed E-state index contributed by atoms with van der Waals surface area (Å²) < 4.78 is 22.7. The summed E-state index contributed by atoms with van der Waals surface area (Å²) in [5, 5.41) is 4.84. The summed E-state index contributed by atoms with van der Waals surface area (Å²) in [7, 11) is 0. The van der Waals surface area contributed by atoms with Gasteiger partial charge in [0.25, 0.3) is 5.91 Å². The molecule has 2 unspecified atom stereocenters. The molecule has 1 aromatic heterocycles. The molecule has 5 rings (SSSR count). The van der Waals surface area contributed by atoms with Gasteiger partial charge in [0.1, 0.15) is 17.6 Å². The summed E-state index contributed by atoms with van der Waals surface area (Å²) >= 11 is 3.47. The minimum atomic E-state index is -0.611. The molecule has 1 fully saturated rings. The van der Waals surface area contributed by atoms with Gasteiger partial charge >= 0.3 is 0 Å². The second-order valence-corrected chi connectivity index (χ2v) is 9.69. The number of ether oxygens (including phenoxy) is 1. The zero-order valence-corrected chi connectivity index (χ0v) is 21.4. The van der Waals surface area contributed by atoms with Crippen LogP contribution in [0.15, 0.2) is 83.5 Å². The Morgan fingerprint density at radius 1 is 1.03 bits per heavy atom. The summed E-state index contributed by atoms with van der Waals surface area (Å²) in [5.74, 6) is -0.365. The first-order chi connectivity index (χ1) is 17.4. The van der Waals surface area contributed by atoms with Crippen LogP contribution >= 0.6 is 15.9 Å². The lowest BCUT2D eigenvalue weighted by Gasteiger charge is -2.23. The van der Waals surface area contributed by atoms with Gasteiger partial charge in [0.15, 0.2) is 6.23 Å². The number of aromatic nitrogens is 2. The van der Waals surface area contributed by atoms with E-state index in [4.69, 9.17) is 15.6 Å². The van der Waals surface area contributed by atoms with E-state index in [0.717, 1.165) is 26.9 Å².